The Balaban J connectivity index is 1.24. The number of benzene rings is 1. The van der Waals surface area contributed by atoms with E-state index in [0.717, 1.165) is 62.4 Å². The highest BCUT2D eigenvalue weighted by Crippen LogP contribution is 2.42. The van der Waals surface area contributed by atoms with Gasteiger partial charge in [0.15, 0.2) is 5.82 Å². The zero-order valence-corrected chi connectivity index (χ0v) is 22.8. The largest absolute Gasteiger partial charge is 0.461 e. The number of alkyl halides is 1. The number of aryl methyl sites for hydroxylation is 1. The van der Waals surface area contributed by atoms with Gasteiger partial charge in [-0.05, 0) is 50.8 Å². The molecular formula is C29H35F2N7O2. The zero-order chi connectivity index (χ0) is 27.6. The van der Waals surface area contributed by atoms with E-state index in [9.17, 15) is 9.65 Å². The van der Waals surface area contributed by atoms with E-state index in [2.05, 4.69) is 21.2 Å². The summed E-state index contributed by atoms with van der Waals surface area (Å²) >= 11 is 0. The quantitative estimate of drug-likeness (QED) is 0.542. The van der Waals surface area contributed by atoms with Crippen LogP contribution in [0.2, 0.25) is 0 Å². The topological polar surface area (TPSA) is 113 Å². The highest BCUT2D eigenvalue weighted by atomic mass is 19.1. The Hall–Kier alpha value is -3.07. The fourth-order valence-corrected chi connectivity index (χ4v) is 7.66. The lowest BCUT2D eigenvalue weighted by Crippen LogP contribution is -2.52. The summed E-state index contributed by atoms with van der Waals surface area (Å²) in [6.45, 7) is 5.26. The molecule has 5 atom stereocenters. The third-order valence-electron chi connectivity index (χ3n) is 9.56. The van der Waals surface area contributed by atoms with E-state index in [1.807, 2.05) is 0 Å². The third-order valence-corrected chi connectivity index (χ3v) is 9.56. The molecule has 5 aliphatic rings. The summed E-state index contributed by atoms with van der Waals surface area (Å²) in [5.74, 6) is 0.166. The molecule has 6 heterocycles. The number of rotatable bonds is 5. The van der Waals surface area contributed by atoms with Gasteiger partial charge >= 0.3 is 6.01 Å². The lowest BCUT2D eigenvalue weighted by molar-refractivity contribution is 0.0230. The SMILES string of the molecule is Cc1cc(N)c(F)c([C@H]2Cc3nc(OC[C@@]45CCCN4C[C@H](F)C5)nc(N4CC5CCC(C4)N5)c3CO2)c1C#N. The Labute approximate surface area is 232 Å². The zero-order valence-electron chi connectivity index (χ0n) is 22.8. The molecule has 212 valence electrons. The predicted molar refractivity (Wildman–Crippen MR) is 144 cm³/mol. The number of piperazine rings is 1. The summed E-state index contributed by atoms with van der Waals surface area (Å²) in [4.78, 5) is 14.2. The van der Waals surface area contributed by atoms with Crippen molar-refractivity contribution in [2.45, 2.75) is 82.0 Å². The normalized spacial score (nSPS) is 31.2. The standard InChI is InChI=1S/C29H35F2N7O2/c1-16-7-22(33)26(31)25(20(16)10-32)24-8-23-21(14-39-24)27(37-12-18-3-4-19(13-37)34-18)36-28(35-23)40-15-29-5-2-6-38(29)11-17(30)9-29/h7,17-19,24,34H,2-6,8-9,11-15,33H2,1H3/t17-,18?,19?,24-,29+/m1/s1. The summed E-state index contributed by atoms with van der Waals surface area (Å²) in [5, 5.41) is 13.5. The van der Waals surface area contributed by atoms with Crippen LogP contribution >= 0.6 is 0 Å². The summed E-state index contributed by atoms with van der Waals surface area (Å²) < 4.78 is 42.2. The second-order valence-corrected chi connectivity index (χ2v) is 12.2. The first-order valence-corrected chi connectivity index (χ1v) is 14.4. The van der Waals surface area contributed by atoms with E-state index in [1.165, 1.54) is 6.07 Å². The van der Waals surface area contributed by atoms with Gasteiger partial charge in [0.2, 0.25) is 0 Å². The van der Waals surface area contributed by atoms with Gasteiger partial charge in [-0.15, -0.1) is 0 Å². The highest BCUT2D eigenvalue weighted by Gasteiger charge is 2.49. The molecule has 2 bridgehead atoms. The van der Waals surface area contributed by atoms with E-state index < -0.39 is 18.1 Å². The number of aromatic nitrogens is 2. The molecule has 4 saturated heterocycles. The Bertz CT molecular complexity index is 1370. The number of hydrogen-bond acceptors (Lipinski definition) is 9. The van der Waals surface area contributed by atoms with Gasteiger partial charge in [0, 0.05) is 55.7 Å². The van der Waals surface area contributed by atoms with Gasteiger partial charge in [0.25, 0.3) is 0 Å². The molecule has 9 nitrogen and oxygen atoms in total. The molecule has 7 rings (SSSR count). The molecule has 0 aliphatic carbocycles. The van der Waals surface area contributed by atoms with Crippen molar-refractivity contribution < 1.29 is 18.3 Å². The molecule has 0 radical (unpaired) electrons. The highest BCUT2D eigenvalue weighted by molar-refractivity contribution is 5.57. The van der Waals surface area contributed by atoms with Crippen molar-refractivity contribution in [2.24, 2.45) is 0 Å². The molecule has 11 heteroatoms. The number of ether oxygens (including phenoxy) is 2. The average Bonchev–Trinajstić information content (AvgIpc) is 3.58. The van der Waals surface area contributed by atoms with E-state index in [0.29, 0.717) is 37.2 Å². The number of nitrogen functional groups attached to an aromatic ring is 1. The molecule has 2 unspecified atom stereocenters. The maximum atomic E-state index is 15.3. The number of fused-ring (bicyclic) bond motifs is 4. The van der Waals surface area contributed by atoms with Gasteiger partial charge in [0.1, 0.15) is 18.6 Å². The Morgan fingerprint density at radius 1 is 1.27 bits per heavy atom. The van der Waals surface area contributed by atoms with Crippen LogP contribution in [0.25, 0.3) is 0 Å². The van der Waals surface area contributed by atoms with E-state index in [1.54, 1.807) is 6.92 Å². The minimum absolute atomic E-state index is 0.00677. The molecule has 1 aromatic carbocycles. The van der Waals surface area contributed by atoms with Crippen LogP contribution < -0.4 is 20.7 Å². The number of hydrogen-bond donors (Lipinski definition) is 2. The van der Waals surface area contributed by atoms with Crippen LogP contribution in [0.4, 0.5) is 20.3 Å². The van der Waals surface area contributed by atoms with Crippen LogP contribution in [0.5, 0.6) is 6.01 Å². The number of anilines is 2. The minimum Gasteiger partial charge on any atom is -0.461 e. The average molecular weight is 552 g/mol. The molecule has 0 amide bonds. The smallest absolute Gasteiger partial charge is 0.318 e. The maximum absolute atomic E-state index is 15.3. The van der Waals surface area contributed by atoms with Crippen LogP contribution in [-0.4, -0.2) is 71.4 Å². The van der Waals surface area contributed by atoms with Gasteiger partial charge < -0.3 is 25.4 Å². The van der Waals surface area contributed by atoms with Gasteiger partial charge in [-0.25, -0.2) is 8.78 Å². The van der Waals surface area contributed by atoms with Crippen molar-refractivity contribution in [3.8, 4) is 12.1 Å². The minimum atomic E-state index is -0.843. The fourth-order valence-electron chi connectivity index (χ4n) is 7.66. The lowest BCUT2D eigenvalue weighted by atomic mass is 9.92. The molecule has 2 aromatic rings. The Morgan fingerprint density at radius 3 is 2.85 bits per heavy atom. The van der Waals surface area contributed by atoms with Crippen molar-refractivity contribution in [2.75, 3.05) is 43.4 Å². The van der Waals surface area contributed by atoms with Gasteiger partial charge in [-0.2, -0.15) is 15.2 Å². The van der Waals surface area contributed by atoms with Crippen LogP contribution in [-0.2, 0) is 17.8 Å². The molecule has 3 N–H and O–H groups in total. The number of nitrogens with two attached hydrogens (primary N) is 1. The van der Waals surface area contributed by atoms with Crippen LogP contribution in [0, 0.1) is 24.1 Å². The molecule has 4 fully saturated rings. The van der Waals surface area contributed by atoms with Crippen molar-refractivity contribution in [3.05, 3.63) is 39.8 Å². The molecule has 0 saturated carbocycles. The number of nitriles is 1. The molecule has 1 aromatic heterocycles. The lowest BCUT2D eigenvalue weighted by Gasteiger charge is -2.37. The molecule has 5 aliphatic heterocycles. The van der Waals surface area contributed by atoms with Gasteiger partial charge in [-0.1, -0.05) is 0 Å². The molecule has 40 heavy (non-hydrogen) atoms. The van der Waals surface area contributed by atoms with E-state index >= 15 is 4.39 Å². The van der Waals surface area contributed by atoms with Crippen LogP contribution in [0.3, 0.4) is 0 Å². The summed E-state index contributed by atoms with van der Waals surface area (Å²) in [7, 11) is 0. The van der Waals surface area contributed by atoms with E-state index in [4.69, 9.17) is 25.2 Å². The third kappa shape index (κ3) is 4.28. The predicted octanol–water partition coefficient (Wildman–Crippen LogP) is 3.09. The monoisotopic (exact) mass is 551 g/mol. The van der Waals surface area contributed by atoms with Crippen LogP contribution in [0.15, 0.2) is 6.07 Å². The van der Waals surface area contributed by atoms with Crippen molar-refractivity contribution >= 4 is 11.5 Å². The maximum Gasteiger partial charge on any atom is 0.318 e. The Kier molecular flexibility index (Phi) is 6.33. The fraction of sp³-hybridized carbons (Fsp3) is 0.621. The second kappa shape index (κ2) is 9.79. The Morgan fingerprint density at radius 2 is 2.08 bits per heavy atom. The van der Waals surface area contributed by atoms with E-state index in [-0.39, 0.29) is 41.4 Å². The summed E-state index contributed by atoms with van der Waals surface area (Å²) in [5.41, 5.74) is 8.24. The first-order chi connectivity index (χ1) is 19.3. The number of nitrogens with one attached hydrogen (secondary N) is 1. The summed E-state index contributed by atoms with van der Waals surface area (Å²) in [6, 6.07) is 4.68. The first kappa shape index (κ1) is 25.9. The summed E-state index contributed by atoms with van der Waals surface area (Å²) in [6.07, 6.45) is 3.35. The second-order valence-electron chi connectivity index (χ2n) is 12.2. The van der Waals surface area contributed by atoms with Gasteiger partial charge in [0.05, 0.1) is 41.3 Å². The molecule has 0 spiro atoms. The van der Waals surface area contributed by atoms with Crippen molar-refractivity contribution in [1.82, 2.24) is 20.2 Å². The molecular weight excluding hydrogens is 516 g/mol. The first-order valence-electron chi connectivity index (χ1n) is 14.4. The number of nitrogens with zero attached hydrogens (tertiary/aromatic N) is 5. The van der Waals surface area contributed by atoms with Crippen molar-refractivity contribution in [3.63, 3.8) is 0 Å². The number of halogens is 2. The van der Waals surface area contributed by atoms with Crippen LogP contribution in [0.1, 0.15) is 66.2 Å². The van der Waals surface area contributed by atoms with Gasteiger partial charge in [-0.3, -0.25) is 4.90 Å². The van der Waals surface area contributed by atoms with Crippen molar-refractivity contribution in [1.29, 1.82) is 5.26 Å².